The third-order valence-corrected chi connectivity index (χ3v) is 4.20. The molecule has 0 aliphatic heterocycles. The second-order valence-corrected chi connectivity index (χ2v) is 5.62. The number of aryl methyl sites for hydroxylation is 1. The molecule has 2 unspecified atom stereocenters. The SMILES string of the molecule is CCC1CCCCC1NC(=O)c1ccc(C)cc1N. The van der Waals surface area contributed by atoms with Gasteiger partial charge in [-0.05, 0) is 43.4 Å². The van der Waals surface area contributed by atoms with Gasteiger partial charge in [0.25, 0.3) is 5.91 Å². The number of hydrogen-bond donors (Lipinski definition) is 2. The summed E-state index contributed by atoms with van der Waals surface area (Å²) in [5, 5.41) is 3.18. The summed E-state index contributed by atoms with van der Waals surface area (Å²) in [6.07, 6.45) is 5.96. The molecular formula is C16H24N2O. The fraction of sp³-hybridized carbons (Fsp3) is 0.562. The second-order valence-electron chi connectivity index (χ2n) is 5.62. The van der Waals surface area contributed by atoms with E-state index in [0.29, 0.717) is 23.2 Å². The molecule has 1 saturated carbocycles. The number of amides is 1. The van der Waals surface area contributed by atoms with Crippen molar-refractivity contribution in [2.24, 2.45) is 5.92 Å². The van der Waals surface area contributed by atoms with Crippen molar-refractivity contribution in [3.8, 4) is 0 Å². The number of carbonyl (C=O) groups excluding carboxylic acids is 1. The van der Waals surface area contributed by atoms with Crippen LogP contribution in [0.5, 0.6) is 0 Å². The lowest BCUT2D eigenvalue weighted by atomic mass is 9.83. The van der Waals surface area contributed by atoms with Crippen LogP contribution >= 0.6 is 0 Å². The Kier molecular flexibility index (Phi) is 4.46. The Hall–Kier alpha value is -1.51. The number of hydrogen-bond acceptors (Lipinski definition) is 2. The molecule has 1 fully saturated rings. The third kappa shape index (κ3) is 3.28. The average Bonchev–Trinajstić information content (AvgIpc) is 2.39. The van der Waals surface area contributed by atoms with Crippen molar-refractivity contribution in [3.05, 3.63) is 29.3 Å². The van der Waals surface area contributed by atoms with Gasteiger partial charge in [-0.25, -0.2) is 0 Å². The number of nitrogens with two attached hydrogens (primary N) is 1. The molecule has 1 amide bonds. The zero-order valence-corrected chi connectivity index (χ0v) is 11.9. The van der Waals surface area contributed by atoms with Crippen LogP contribution < -0.4 is 11.1 Å². The Bertz CT molecular complexity index is 456. The predicted molar refractivity (Wildman–Crippen MR) is 79.1 cm³/mol. The van der Waals surface area contributed by atoms with Gasteiger partial charge in [-0.2, -0.15) is 0 Å². The highest BCUT2D eigenvalue weighted by Gasteiger charge is 2.25. The molecule has 1 aromatic carbocycles. The summed E-state index contributed by atoms with van der Waals surface area (Å²) in [6.45, 7) is 4.18. The van der Waals surface area contributed by atoms with Crippen molar-refractivity contribution in [1.29, 1.82) is 0 Å². The van der Waals surface area contributed by atoms with E-state index in [-0.39, 0.29) is 5.91 Å². The summed E-state index contributed by atoms with van der Waals surface area (Å²) < 4.78 is 0. The molecule has 0 bridgehead atoms. The van der Waals surface area contributed by atoms with E-state index < -0.39 is 0 Å². The molecule has 0 saturated heterocycles. The van der Waals surface area contributed by atoms with Crippen LogP contribution in [-0.2, 0) is 0 Å². The van der Waals surface area contributed by atoms with Crippen LogP contribution in [0.2, 0.25) is 0 Å². The van der Waals surface area contributed by atoms with Crippen LogP contribution in [-0.4, -0.2) is 11.9 Å². The monoisotopic (exact) mass is 260 g/mol. The fourth-order valence-corrected chi connectivity index (χ4v) is 3.02. The van der Waals surface area contributed by atoms with E-state index in [4.69, 9.17) is 5.73 Å². The molecule has 0 aromatic heterocycles. The number of rotatable bonds is 3. The van der Waals surface area contributed by atoms with Crippen molar-refractivity contribution in [2.75, 3.05) is 5.73 Å². The molecule has 0 radical (unpaired) electrons. The van der Waals surface area contributed by atoms with Crippen LogP contribution in [0.25, 0.3) is 0 Å². The average molecular weight is 260 g/mol. The Morgan fingerprint density at radius 1 is 1.37 bits per heavy atom. The van der Waals surface area contributed by atoms with Gasteiger partial charge in [0.1, 0.15) is 0 Å². The molecule has 1 aliphatic carbocycles. The lowest BCUT2D eigenvalue weighted by Gasteiger charge is -2.31. The predicted octanol–water partition coefficient (Wildman–Crippen LogP) is 3.28. The first-order valence-corrected chi connectivity index (χ1v) is 7.28. The van der Waals surface area contributed by atoms with Crippen molar-refractivity contribution >= 4 is 11.6 Å². The Labute approximate surface area is 115 Å². The standard InChI is InChI=1S/C16H24N2O/c1-3-12-6-4-5-7-15(12)18-16(19)13-9-8-11(2)10-14(13)17/h8-10,12,15H,3-7,17H2,1-2H3,(H,18,19). The molecule has 2 rings (SSSR count). The van der Waals surface area contributed by atoms with Gasteiger partial charge >= 0.3 is 0 Å². The molecule has 0 spiro atoms. The number of nitrogen functional groups attached to an aromatic ring is 1. The summed E-state index contributed by atoms with van der Waals surface area (Å²) in [6, 6.07) is 5.92. The zero-order chi connectivity index (χ0) is 13.8. The minimum Gasteiger partial charge on any atom is -0.398 e. The number of carbonyl (C=O) groups is 1. The number of anilines is 1. The van der Waals surface area contributed by atoms with Crippen molar-refractivity contribution in [3.63, 3.8) is 0 Å². The third-order valence-electron chi connectivity index (χ3n) is 4.20. The minimum atomic E-state index is -0.0251. The van der Waals surface area contributed by atoms with Crippen LogP contribution in [0.15, 0.2) is 18.2 Å². The largest absolute Gasteiger partial charge is 0.398 e. The molecule has 19 heavy (non-hydrogen) atoms. The molecule has 1 aliphatic rings. The lowest BCUT2D eigenvalue weighted by Crippen LogP contribution is -2.42. The molecule has 104 valence electrons. The summed E-state index contributed by atoms with van der Waals surface area (Å²) in [5.74, 6) is 0.590. The molecule has 2 atom stereocenters. The van der Waals surface area contributed by atoms with Gasteiger partial charge < -0.3 is 11.1 Å². The van der Waals surface area contributed by atoms with E-state index in [0.717, 1.165) is 18.4 Å². The first-order valence-electron chi connectivity index (χ1n) is 7.28. The van der Waals surface area contributed by atoms with E-state index in [1.54, 1.807) is 0 Å². The fourth-order valence-electron chi connectivity index (χ4n) is 3.02. The number of benzene rings is 1. The summed E-state index contributed by atoms with van der Waals surface area (Å²) >= 11 is 0. The highest BCUT2D eigenvalue weighted by molar-refractivity contribution is 5.99. The Morgan fingerprint density at radius 2 is 2.11 bits per heavy atom. The maximum Gasteiger partial charge on any atom is 0.253 e. The van der Waals surface area contributed by atoms with E-state index in [1.807, 2.05) is 25.1 Å². The van der Waals surface area contributed by atoms with Gasteiger partial charge in [-0.15, -0.1) is 0 Å². The van der Waals surface area contributed by atoms with Crippen molar-refractivity contribution in [1.82, 2.24) is 5.32 Å². The van der Waals surface area contributed by atoms with Crippen LogP contribution in [0.1, 0.15) is 54.9 Å². The first kappa shape index (κ1) is 13.9. The van der Waals surface area contributed by atoms with Gasteiger partial charge in [0.05, 0.1) is 5.56 Å². The zero-order valence-electron chi connectivity index (χ0n) is 11.9. The smallest absolute Gasteiger partial charge is 0.253 e. The summed E-state index contributed by atoms with van der Waals surface area (Å²) in [7, 11) is 0. The molecule has 0 heterocycles. The van der Waals surface area contributed by atoms with E-state index in [9.17, 15) is 4.79 Å². The van der Waals surface area contributed by atoms with Gasteiger partial charge in [0.15, 0.2) is 0 Å². The first-order chi connectivity index (χ1) is 9.11. The van der Waals surface area contributed by atoms with Crippen LogP contribution in [0.4, 0.5) is 5.69 Å². The van der Waals surface area contributed by atoms with Gasteiger partial charge in [-0.3, -0.25) is 4.79 Å². The van der Waals surface area contributed by atoms with E-state index in [1.165, 1.54) is 19.3 Å². The quantitative estimate of drug-likeness (QED) is 0.819. The van der Waals surface area contributed by atoms with Crippen LogP contribution in [0.3, 0.4) is 0 Å². The highest BCUT2D eigenvalue weighted by Crippen LogP contribution is 2.27. The van der Waals surface area contributed by atoms with Crippen LogP contribution in [0, 0.1) is 12.8 Å². The normalized spacial score (nSPS) is 23.1. The molecule has 3 heteroatoms. The molecular weight excluding hydrogens is 236 g/mol. The van der Waals surface area contributed by atoms with E-state index >= 15 is 0 Å². The van der Waals surface area contributed by atoms with Gasteiger partial charge in [0.2, 0.25) is 0 Å². The van der Waals surface area contributed by atoms with Gasteiger partial charge in [0, 0.05) is 11.7 Å². The maximum atomic E-state index is 12.3. The summed E-state index contributed by atoms with van der Waals surface area (Å²) in [5.41, 5.74) is 8.19. The van der Waals surface area contributed by atoms with Crippen molar-refractivity contribution < 1.29 is 4.79 Å². The molecule has 3 nitrogen and oxygen atoms in total. The minimum absolute atomic E-state index is 0.0251. The second kappa shape index (κ2) is 6.09. The summed E-state index contributed by atoms with van der Waals surface area (Å²) in [4.78, 5) is 12.3. The Morgan fingerprint density at radius 3 is 2.79 bits per heavy atom. The van der Waals surface area contributed by atoms with E-state index in [2.05, 4.69) is 12.2 Å². The van der Waals surface area contributed by atoms with Gasteiger partial charge in [-0.1, -0.05) is 32.3 Å². The molecule has 1 aromatic rings. The van der Waals surface area contributed by atoms with Crippen molar-refractivity contribution in [2.45, 2.75) is 52.0 Å². The lowest BCUT2D eigenvalue weighted by molar-refractivity contribution is 0.0905. The Balaban J connectivity index is 2.07. The molecule has 3 N–H and O–H groups in total. The maximum absolute atomic E-state index is 12.3. The highest BCUT2D eigenvalue weighted by atomic mass is 16.1. The number of nitrogens with one attached hydrogen (secondary N) is 1. The topological polar surface area (TPSA) is 55.1 Å².